The molecule has 2 unspecified atom stereocenters. The van der Waals surface area contributed by atoms with Gasteiger partial charge in [-0.3, -0.25) is 9.59 Å². The number of benzene rings is 2. The zero-order valence-corrected chi connectivity index (χ0v) is 17.9. The van der Waals surface area contributed by atoms with Crippen LogP contribution in [-0.2, 0) is 22.6 Å². The Morgan fingerprint density at radius 2 is 1.69 bits per heavy atom. The highest BCUT2D eigenvalue weighted by Crippen LogP contribution is 2.18. The minimum Gasteiger partial charge on any atom is -0.497 e. The van der Waals surface area contributed by atoms with E-state index in [1.54, 1.807) is 12.0 Å². The summed E-state index contributed by atoms with van der Waals surface area (Å²) in [5, 5.41) is 3.03. The summed E-state index contributed by atoms with van der Waals surface area (Å²) in [6.45, 7) is 6.30. The van der Waals surface area contributed by atoms with Crippen molar-refractivity contribution in [1.82, 2.24) is 10.2 Å². The number of hydrogen-bond acceptors (Lipinski definition) is 3. The van der Waals surface area contributed by atoms with Crippen molar-refractivity contribution in [2.75, 3.05) is 7.11 Å². The molecule has 2 rings (SSSR count). The highest BCUT2D eigenvalue weighted by molar-refractivity contribution is 5.88. The SMILES string of the molecule is CCC(C)NC(=O)C(CC)N(Cc1cccc(OC)c1)C(=O)Cc1ccccc1. The van der Waals surface area contributed by atoms with Crippen molar-refractivity contribution >= 4 is 11.8 Å². The first-order valence-electron chi connectivity index (χ1n) is 10.2. The summed E-state index contributed by atoms with van der Waals surface area (Å²) in [5.41, 5.74) is 1.87. The molecule has 0 fully saturated rings. The van der Waals surface area contributed by atoms with E-state index in [4.69, 9.17) is 4.74 Å². The number of carbonyl (C=O) groups is 2. The Hall–Kier alpha value is -2.82. The third kappa shape index (κ3) is 6.63. The van der Waals surface area contributed by atoms with Gasteiger partial charge in [0.15, 0.2) is 0 Å². The summed E-state index contributed by atoms with van der Waals surface area (Å²) in [4.78, 5) is 27.9. The van der Waals surface area contributed by atoms with Gasteiger partial charge in [0, 0.05) is 12.6 Å². The van der Waals surface area contributed by atoms with Gasteiger partial charge in [-0.1, -0.05) is 56.3 Å². The van der Waals surface area contributed by atoms with Gasteiger partial charge in [-0.25, -0.2) is 0 Å². The lowest BCUT2D eigenvalue weighted by Gasteiger charge is -2.31. The van der Waals surface area contributed by atoms with Gasteiger partial charge in [-0.05, 0) is 43.0 Å². The van der Waals surface area contributed by atoms with Crippen LogP contribution in [0.25, 0.3) is 0 Å². The Labute approximate surface area is 174 Å². The molecule has 0 saturated carbocycles. The molecule has 0 aliphatic rings. The average Bonchev–Trinajstić information content (AvgIpc) is 2.74. The third-order valence-corrected chi connectivity index (χ3v) is 5.07. The van der Waals surface area contributed by atoms with Crippen molar-refractivity contribution in [2.24, 2.45) is 0 Å². The quantitative estimate of drug-likeness (QED) is 0.661. The van der Waals surface area contributed by atoms with Crippen molar-refractivity contribution in [1.29, 1.82) is 0 Å². The van der Waals surface area contributed by atoms with Crippen LogP contribution in [0, 0.1) is 0 Å². The van der Waals surface area contributed by atoms with E-state index in [1.807, 2.05) is 75.4 Å². The molecule has 2 amide bonds. The highest BCUT2D eigenvalue weighted by Gasteiger charge is 2.29. The Bertz CT molecular complexity index is 792. The van der Waals surface area contributed by atoms with E-state index in [1.165, 1.54) is 0 Å². The predicted octanol–water partition coefficient (Wildman–Crippen LogP) is 3.96. The van der Waals surface area contributed by atoms with Gasteiger partial charge >= 0.3 is 0 Å². The maximum atomic E-state index is 13.2. The second-order valence-corrected chi connectivity index (χ2v) is 7.28. The second kappa shape index (κ2) is 11.2. The standard InChI is InChI=1S/C24H32N2O3/c1-5-18(3)25-24(28)22(6-2)26(17-20-13-10-14-21(15-20)29-4)23(27)16-19-11-8-7-9-12-19/h7-15,18,22H,5-6,16-17H2,1-4H3,(H,25,28). The van der Waals surface area contributed by atoms with Crippen LogP contribution in [0.5, 0.6) is 5.75 Å². The third-order valence-electron chi connectivity index (χ3n) is 5.07. The zero-order chi connectivity index (χ0) is 21.2. The van der Waals surface area contributed by atoms with Crippen LogP contribution in [0.1, 0.15) is 44.7 Å². The molecule has 1 N–H and O–H groups in total. The lowest BCUT2D eigenvalue weighted by Crippen LogP contribution is -2.51. The molecular weight excluding hydrogens is 364 g/mol. The monoisotopic (exact) mass is 396 g/mol. The number of methoxy groups -OCH3 is 1. The number of carbonyl (C=O) groups excluding carboxylic acids is 2. The van der Waals surface area contributed by atoms with E-state index in [0.29, 0.717) is 13.0 Å². The molecule has 0 radical (unpaired) electrons. The van der Waals surface area contributed by atoms with E-state index >= 15 is 0 Å². The van der Waals surface area contributed by atoms with Gasteiger partial charge < -0.3 is 15.0 Å². The largest absolute Gasteiger partial charge is 0.497 e. The first-order chi connectivity index (χ1) is 14.0. The van der Waals surface area contributed by atoms with Gasteiger partial charge in [0.2, 0.25) is 11.8 Å². The molecule has 5 nitrogen and oxygen atoms in total. The molecule has 0 aliphatic carbocycles. The molecule has 0 heterocycles. The minimum atomic E-state index is -0.522. The Morgan fingerprint density at radius 1 is 1.00 bits per heavy atom. The summed E-state index contributed by atoms with van der Waals surface area (Å²) in [5.74, 6) is 0.561. The predicted molar refractivity (Wildman–Crippen MR) is 116 cm³/mol. The molecule has 156 valence electrons. The van der Waals surface area contributed by atoms with Gasteiger partial charge in [0.05, 0.1) is 13.5 Å². The number of amides is 2. The van der Waals surface area contributed by atoms with Crippen LogP contribution in [0.15, 0.2) is 54.6 Å². The highest BCUT2D eigenvalue weighted by atomic mass is 16.5. The van der Waals surface area contributed by atoms with Crippen molar-refractivity contribution in [3.63, 3.8) is 0 Å². The summed E-state index contributed by atoms with van der Waals surface area (Å²) in [7, 11) is 1.62. The van der Waals surface area contributed by atoms with Gasteiger partial charge in [0.25, 0.3) is 0 Å². The summed E-state index contributed by atoms with van der Waals surface area (Å²) in [6, 6.07) is 16.8. The summed E-state index contributed by atoms with van der Waals surface area (Å²) >= 11 is 0. The fourth-order valence-electron chi connectivity index (χ4n) is 3.20. The Kier molecular flexibility index (Phi) is 8.71. The first-order valence-corrected chi connectivity index (χ1v) is 10.2. The number of nitrogens with zero attached hydrogens (tertiary/aromatic N) is 1. The lowest BCUT2D eigenvalue weighted by molar-refractivity contribution is -0.141. The molecule has 5 heteroatoms. The number of nitrogens with one attached hydrogen (secondary N) is 1. The molecule has 2 atom stereocenters. The summed E-state index contributed by atoms with van der Waals surface area (Å²) in [6.07, 6.45) is 1.65. The van der Waals surface area contributed by atoms with Crippen LogP contribution in [0.4, 0.5) is 0 Å². The van der Waals surface area contributed by atoms with E-state index in [9.17, 15) is 9.59 Å². The van der Waals surface area contributed by atoms with E-state index in [-0.39, 0.29) is 24.3 Å². The molecule has 0 saturated heterocycles. The van der Waals surface area contributed by atoms with Crippen molar-refractivity contribution in [3.8, 4) is 5.75 Å². The van der Waals surface area contributed by atoms with Crippen LogP contribution >= 0.6 is 0 Å². The first kappa shape index (κ1) is 22.5. The molecule has 2 aromatic carbocycles. The Morgan fingerprint density at radius 3 is 2.31 bits per heavy atom. The number of ether oxygens (including phenoxy) is 1. The molecule has 0 bridgehead atoms. The normalized spacial score (nSPS) is 12.7. The fraction of sp³-hybridized carbons (Fsp3) is 0.417. The fourth-order valence-corrected chi connectivity index (χ4v) is 3.20. The topological polar surface area (TPSA) is 58.6 Å². The van der Waals surface area contributed by atoms with E-state index in [0.717, 1.165) is 23.3 Å². The van der Waals surface area contributed by atoms with Crippen molar-refractivity contribution in [3.05, 3.63) is 65.7 Å². The summed E-state index contributed by atoms with van der Waals surface area (Å²) < 4.78 is 5.31. The smallest absolute Gasteiger partial charge is 0.243 e. The molecule has 0 aliphatic heterocycles. The van der Waals surface area contributed by atoms with Crippen LogP contribution in [0.3, 0.4) is 0 Å². The van der Waals surface area contributed by atoms with E-state index < -0.39 is 6.04 Å². The molecule has 0 spiro atoms. The van der Waals surface area contributed by atoms with Crippen LogP contribution < -0.4 is 10.1 Å². The van der Waals surface area contributed by atoms with Crippen molar-refractivity contribution in [2.45, 2.75) is 58.7 Å². The lowest BCUT2D eigenvalue weighted by atomic mass is 10.1. The molecule has 2 aromatic rings. The van der Waals surface area contributed by atoms with Gasteiger partial charge in [-0.2, -0.15) is 0 Å². The number of hydrogen-bond donors (Lipinski definition) is 1. The zero-order valence-electron chi connectivity index (χ0n) is 17.9. The minimum absolute atomic E-state index is 0.0647. The van der Waals surface area contributed by atoms with Crippen molar-refractivity contribution < 1.29 is 14.3 Å². The van der Waals surface area contributed by atoms with Gasteiger partial charge in [0.1, 0.15) is 11.8 Å². The molecular formula is C24H32N2O3. The van der Waals surface area contributed by atoms with Crippen LogP contribution in [-0.4, -0.2) is 35.9 Å². The second-order valence-electron chi connectivity index (χ2n) is 7.28. The molecule has 29 heavy (non-hydrogen) atoms. The maximum Gasteiger partial charge on any atom is 0.243 e. The van der Waals surface area contributed by atoms with E-state index in [2.05, 4.69) is 5.32 Å². The maximum absolute atomic E-state index is 13.2. The Balaban J connectivity index is 2.29. The number of rotatable bonds is 10. The van der Waals surface area contributed by atoms with Gasteiger partial charge in [-0.15, -0.1) is 0 Å². The molecule has 0 aromatic heterocycles. The average molecular weight is 397 g/mol. The van der Waals surface area contributed by atoms with Crippen LogP contribution in [0.2, 0.25) is 0 Å².